The molecule has 7 heteroatoms. The number of carbonyl (C=O) groups is 1. The SMILES string of the molecule is O=C(O)C1CCN(Cc2nnnn2Cc2ccccc2)C1. The van der Waals surface area contributed by atoms with Gasteiger partial charge in [0, 0.05) is 6.54 Å². The minimum atomic E-state index is -0.721. The van der Waals surface area contributed by atoms with E-state index in [1.165, 1.54) is 0 Å². The summed E-state index contributed by atoms with van der Waals surface area (Å²) in [6, 6.07) is 10.00. The smallest absolute Gasteiger partial charge is 0.307 e. The van der Waals surface area contributed by atoms with Gasteiger partial charge in [-0.05, 0) is 29.0 Å². The van der Waals surface area contributed by atoms with Crippen LogP contribution in [0.1, 0.15) is 17.8 Å². The standard InChI is InChI=1S/C14H17N5O2/c20-14(21)12-6-7-18(9-12)10-13-15-16-17-19(13)8-11-4-2-1-3-5-11/h1-5,12H,6-10H2,(H,20,21). The second-order valence-electron chi connectivity index (χ2n) is 5.30. The van der Waals surface area contributed by atoms with Crippen molar-refractivity contribution in [1.29, 1.82) is 0 Å². The predicted octanol–water partition coefficient (Wildman–Crippen LogP) is 0.628. The molecule has 2 heterocycles. The third-order valence-corrected chi connectivity index (χ3v) is 3.77. The number of hydrogen-bond donors (Lipinski definition) is 1. The third kappa shape index (κ3) is 3.25. The number of tetrazole rings is 1. The molecule has 1 aromatic heterocycles. The molecule has 1 aliphatic rings. The Morgan fingerprint density at radius 1 is 1.29 bits per heavy atom. The highest BCUT2D eigenvalue weighted by molar-refractivity contribution is 5.70. The van der Waals surface area contributed by atoms with Gasteiger partial charge < -0.3 is 5.11 Å². The normalized spacial score (nSPS) is 19.0. The molecule has 1 unspecified atom stereocenters. The van der Waals surface area contributed by atoms with Crippen LogP contribution in [0.2, 0.25) is 0 Å². The molecule has 0 aliphatic carbocycles. The van der Waals surface area contributed by atoms with Gasteiger partial charge in [-0.25, -0.2) is 4.68 Å². The van der Waals surface area contributed by atoms with E-state index in [-0.39, 0.29) is 5.92 Å². The number of carboxylic acid groups (broad SMARTS) is 1. The first-order valence-electron chi connectivity index (χ1n) is 6.96. The second kappa shape index (κ2) is 6.01. The van der Waals surface area contributed by atoms with Gasteiger partial charge in [-0.1, -0.05) is 30.3 Å². The van der Waals surface area contributed by atoms with Crippen LogP contribution in [0.25, 0.3) is 0 Å². The molecule has 1 saturated heterocycles. The summed E-state index contributed by atoms with van der Waals surface area (Å²) in [6.07, 6.45) is 0.690. The molecule has 0 amide bonds. The molecule has 110 valence electrons. The van der Waals surface area contributed by atoms with E-state index in [0.29, 0.717) is 26.1 Å². The van der Waals surface area contributed by atoms with E-state index in [1.54, 1.807) is 4.68 Å². The molecule has 1 aromatic carbocycles. The molecule has 3 rings (SSSR count). The molecular formula is C14H17N5O2. The lowest BCUT2D eigenvalue weighted by atomic mass is 10.1. The monoisotopic (exact) mass is 287 g/mol. The average Bonchev–Trinajstić information content (AvgIpc) is 3.11. The van der Waals surface area contributed by atoms with Crippen molar-refractivity contribution in [2.45, 2.75) is 19.5 Å². The number of carboxylic acids is 1. The first kappa shape index (κ1) is 13.7. The van der Waals surface area contributed by atoms with Crippen molar-refractivity contribution in [3.8, 4) is 0 Å². The largest absolute Gasteiger partial charge is 0.481 e. The van der Waals surface area contributed by atoms with E-state index in [2.05, 4.69) is 20.4 Å². The summed E-state index contributed by atoms with van der Waals surface area (Å²) in [5.41, 5.74) is 1.14. The van der Waals surface area contributed by atoms with Gasteiger partial charge in [-0.15, -0.1) is 5.10 Å². The predicted molar refractivity (Wildman–Crippen MR) is 74.4 cm³/mol. The molecule has 0 spiro atoms. The van der Waals surface area contributed by atoms with E-state index in [1.807, 2.05) is 30.3 Å². The molecule has 7 nitrogen and oxygen atoms in total. The molecule has 1 atom stereocenters. The van der Waals surface area contributed by atoms with Crippen molar-refractivity contribution in [3.63, 3.8) is 0 Å². The van der Waals surface area contributed by atoms with E-state index in [0.717, 1.165) is 17.9 Å². The van der Waals surface area contributed by atoms with Crippen LogP contribution in [0.4, 0.5) is 0 Å². The molecule has 21 heavy (non-hydrogen) atoms. The van der Waals surface area contributed by atoms with Crippen LogP contribution in [0.5, 0.6) is 0 Å². The van der Waals surface area contributed by atoms with Gasteiger partial charge in [-0.2, -0.15) is 0 Å². The van der Waals surface area contributed by atoms with Crippen LogP contribution >= 0.6 is 0 Å². The minimum absolute atomic E-state index is 0.275. The zero-order valence-electron chi connectivity index (χ0n) is 11.6. The molecule has 2 aromatic rings. The number of aliphatic carboxylic acids is 1. The van der Waals surface area contributed by atoms with Crippen LogP contribution in [-0.2, 0) is 17.9 Å². The van der Waals surface area contributed by atoms with Gasteiger partial charge in [-0.3, -0.25) is 9.69 Å². The number of likely N-dealkylation sites (tertiary alicyclic amines) is 1. The van der Waals surface area contributed by atoms with Crippen molar-refractivity contribution in [2.75, 3.05) is 13.1 Å². The topological polar surface area (TPSA) is 84.1 Å². The Morgan fingerprint density at radius 3 is 2.81 bits per heavy atom. The zero-order chi connectivity index (χ0) is 14.7. The maximum absolute atomic E-state index is 11.0. The van der Waals surface area contributed by atoms with Crippen molar-refractivity contribution >= 4 is 5.97 Å². The van der Waals surface area contributed by atoms with E-state index in [4.69, 9.17) is 5.11 Å². The fraction of sp³-hybridized carbons (Fsp3) is 0.429. The number of benzene rings is 1. The number of aromatic nitrogens is 4. The number of hydrogen-bond acceptors (Lipinski definition) is 5. The molecular weight excluding hydrogens is 270 g/mol. The van der Waals surface area contributed by atoms with Crippen LogP contribution in [0.3, 0.4) is 0 Å². The van der Waals surface area contributed by atoms with E-state index >= 15 is 0 Å². The zero-order valence-corrected chi connectivity index (χ0v) is 11.6. The summed E-state index contributed by atoms with van der Waals surface area (Å²) >= 11 is 0. The Hall–Kier alpha value is -2.28. The van der Waals surface area contributed by atoms with Crippen molar-refractivity contribution in [2.24, 2.45) is 5.92 Å². The maximum atomic E-state index is 11.0. The fourth-order valence-electron chi connectivity index (χ4n) is 2.59. The van der Waals surface area contributed by atoms with E-state index in [9.17, 15) is 4.79 Å². The highest BCUT2D eigenvalue weighted by atomic mass is 16.4. The number of rotatable bonds is 5. The first-order chi connectivity index (χ1) is 10.2. The molecule has 0 bridgehead atoms. The summed E-state index contributed by atoms with van der Waals surface area (Å²) in [6.45, 7) is 2.55. The Bertz CT molecular complexity index is 613. The average molecular weight is 287 g/mol. The Kier molecular flexibility index (Phi) is 3.92. The summed E-state index contributed by atoms with van der Waals surface area (Å²) in [7, 11) is 0. The second-order valence-corrected chi connectivity index (χ2v) is 5.30. The fourth-order valence-corrected chi connectivity index (χ4v) is 2.59. The van der Waals surface area contributed by atoms with Gasteiger partial charge in [0.1, 0.15) is 0 Å². The molecule has 0 saturated carbocycles. The van der Waals surface area contributed by atoms with Crippen LogP contribution in [0, 0.1) is 5.92 Å². The summed E-state index contributed by atoms with van der Waals surface area (Å²) in [4.78, 5) is 13.1. The third-order valence-electron chi connectivity index (χ3n) is 3.77. The minimum Gasteiger partial charge on any atom is -0.481 e. The lowest BCUT2D eigenvalue weighted by molar-refractivity contribution is -0.141. The molecule has 1 aliphatic heterocycles. The van der Waals surface area contributed by atoms with E-state index < -0.39 is 5.97 Å². The van der Waals surface area contributed by atoms with Gasteiger partial charge in [0.15, 0.2) is 5.82 Å². The van der Waals surface area contributed by atoms with Crippen molar-refractivity contribution in [3.05, 3.63) is 41.7 Å². The Morgan fingerprint density at radius 2 is 2.10 bits per heavy atom. The van der Waals surface area contributed by atoms with Gasteiger partial charge in [0.2, 0.25) is 0 Å². The first-order valence-corrected chi connectivity index (χ1v) is 6.96. The summed E-state index contributed by atoms with van der Waals surface area (Å²) in [5, 5.41) is 20.8. The Balaban J connectivity index is 1.65. The van der Waals surface area contributed by atoms with Gasteiger partial charge in [0.05, 0.1) is 19.0 Å². The highest BCUT2D eigenvalue weighted by Gasteiger charge is 2.28. The summed E-state index contributed by atoms with van der Waals surface area (Å²) < 4.78 is 1.77. The Labute approximate surface area is 122 Å². The van der Waals surface area contributed by atoms with Crippen molar-refractivity contribution in [1.82, 2.24) is 25.1 Å². The quantitative estimate of drug-likeness (QED) is 0.868. The molecule has 0 radical (unpaired) electrons. The lowest BCUT2D eigenvalue weighted by Crippen LogP contribution is -2.25. The maximum Gasteiger partial charge on any atom is 0.307 e. The summed E-state index contributed by atoms with van der Waals surface area (Å²) in [5.74, 6) is -0.227. The molecule has 1 N–H and O–H groups in total. The van der Waals surface area contributed by atoms with Crippen LogP contribution in [0.15, 0.2) is 30.3 Å². The van der Waals surface area contributed by atoms with Crippen molar-refractivity contribution < 1.29 is 9.90 Å². The lowest BCUT2D eigenvalue weighted by Gasteiger charge is -2.14. The van der Waals surface area contributed by atoms with Crippen LogP contribution < -0.4 is 0 Å². The number of nitrogens with zero attached hydrogens (tertiary/aromatic N) is 5. The van der Waals surface area contributed by atoms with Crippen LogP contribution in [-0.4, -0.2) is 49.3 Å². The van der Waals surface area contributed by atoms with Gasteiger partial charge >= 0.3 is 5.97 Å². The highest BCUT2D eigenvalue weighted by Crippen LogP contribution is 2.18. The molecule has 1 fully saturated rings. The van der Waals surface area contributed by atoms with Gasteiger partial charge in [0.25, 0.3) is 0 Å².